The number of phenolic OH excluding ortho intramolecular Hbond substituents is 1. The molecule has 9 heteroatoms. The Bertz CT molecular complexity index is 940. The number of aromatic hydroxyl groups is 1. The first-order valence-corrected chi connectivity index (χ1v) is 10.5. The molecule has 0 saturated carbocycles. The lowest BCUT2D eigenvalue weighted by Crippen LogP contribution is -2.28. The minimum atomic E-state index is -3.58. The molecular weight excluding hydrogens is 396 g/mol. The van der Waals surface area contributed by atoms with Crippen LogP contribution in [0.15, 0.2) is 53.4 Å². The van der Waals surface area contributed by atoms with E-state index < -0.39 is 28.5 Å². The molecule has 0 spiro atoms. The maximum Gasteiger partial charge on any atom is 0.338 e. The predicted molar refractivity (Wildman–Crippen MR) is 108 cm³/mol. The van der Waals surface area contributed by atoms with Crippen LogP contribution in [0, 0.1) is 0 Å². The van der Waals surface area contributed by atoms with E-state index in [0.29, 0.717) is 12.2 Å². The van der Waals surface area contributed by atoms with Crippen LogP contribution in [0.4, 0.5) is 5.69 Å². The largest absolute Gasteiger partial charge is 0.508 e. The summed E-state index contributed by atoms with van der Waals surface area (Å²) in [6.45, 7) is 1.92. The van der Waals surface area contributed by atoms with Gasteiger partial charge in [0.2, 0.25) is 10.0 Å². The fourth-order valence-corrected chi connectivity index (χ4v) is 3.61. The Morgan fingerprint density at radius 1 is 1.07 bits per heavy atom. The quantitative estimate of drug-likeness (QED) is 0.603. The number of amides is 1. The van der Waals surface area contributed by atoms with E-state index in [1.165, 1.54) is 59.9 Å². The van der Waals surface area contributed by atoms with Crippen molar-refractivity contribution in [3.63, 3.8) is 0 Å². The van der Waals surface area contributed by atoms with E-state index in [9.17, 15) is 23.1 Å². The lowest BCUT2D eigenvalue weighted by molar-refractivity contribution is -0.119. The molecule has 2 aromatic carbocycles. The predicted octanol–water partition coefficient (Wildman–Crippen LogP) is 2.61. The van der Waals surface area contributed by atoms with Gasteiger partial charge in [-0.3, -0.25) is 4.79 Å². The summed E-state index contributed by atoms with van der Waals surface area (Å²) in [5.41, 5.74) is 0.586. The molecule has 0 saturated heterocycles. The average molecular weight is 420 g/mol. The van der Waals surface area contributed by atoms with Gasteiger partial charge in [0, 0.05) is 19.3 Å². The molecule has 8 nitrogen and oxygen atoms in total. The molecule has 0 bridgehead atoms. The van der Waals surface area contributed by atoms with Gasteiger partial charge in [0.05, 0.1) is 10.5 Å². The third kappa shape index (κ3) is 6.30. The van der Waals surface area contributed by atoms with E-state index in [2.05, 4.69) is 5.32 Å². The average Bonchev–Trinajstić information content (AvgIpc) is 2.71. The number of esters is 1. The zero-order valence-electron chi connectivity index (χ0n) is 16.3. The number of unbranched alkanes of at least 4 members (excludes halogenated alkanes) is 1. The third-order valence-electron chi connectivity index (χ3n) is 4.11. The monoisotopic (exact) mass is 420 g/mol. The first-order valence-electron chi connectivity index (χ1n) is 9.06. The number of anilines is 1. The molecule has 156 valence electrons. The molecule has 2 aromatic rings. The molecule has 0 aliphatic rings. The lowest BCUT2D eigenvalue weighted by atomic mass is 10.2. The number of hydrogen-bond acceptors (Lipinski definition) is 6. The molecule has 0 aliphatic heterocycles. The molecule has 0 heterocycles. The van der Waals surface area contributed by atoms with Crippen LogP contribution < -0.4 is 5.32 Å². The van der Waals surface area contributed by atoms with Crippen molar-refractivity contribution in [2.24, 2.45) is 0 Å². The molecule has 2 N–H and O–H groups in total. The van der Waals surface area contributed by atoms with Gasteiger partial charge in [-0.15, -0.1) is 0 Å². The van der Waals surface area contributed by atoms with Gasteiger partial charge >= 0.3 is 5.97 Å². The molecular formula is C20H24N2O6S. The molecule has 0 atom stereocenters. The van der Waals surface area contributed by atoms with Crippen molar-refractivity contribution in [2.45, 2.75) is 24.7 Å². The Balaban J connectivity index is 1.91. The van der Waals surface area contributed by atoms with Gasteiger partial charge in [0.1, 0.15) is 5.75 Å². The first-order chi connectivity index (χ1) is 13.7. The van der Waals surface area contributed by atoms with Crippen LogP contribution in [0.2, 0.25) is 0 Å². The summed E-state index contributed by atoms with van der Waals surface area (Å²) in [5, 5.41) is 11.7. The summed E-state index contributed by atoms with van der Waals surface area (Å²) in [4.78, 5) is 23.9. The van der Waals surface area contributed by atoms with Gasteiger partial charge < -0.3 is 15.2 Å². The van der Waals surface area contributed by atoms with Crippen LogP contribution in [0.25, 0.3) is 0 Å². The number of carbonyl (C=O) groups excluding carboxylic acids is 2. The number of carbonyl (C=O) groups is 2. The van der Waals surface area contributed by atoms with Crippen molar-refractivity contribution >= 4 is 27.6 Å². The van der Waals surface area contributed by atoms with Crippen molar-refractivity contribution < 1.29 is 27.9 Å². The number of ether oxygens (including phenoxy) is 1. The van der Waals surface area contributed by atoms with E-state index in [0.717, 1.165) is 12.8 Å². The summed E-state index contributed by atoms with van der Waals surface area (Å²) in [7, 11) is -2.05. The molecule has 0 aliphatic carbocycles. The maximum atomic E-state index is 12.5. The third-order valence-corrected chi connectivity index (χ3v) is 5.98. The zero-order valence-corrected chi connectivity index (χ0v) is 17.1. The number of benzene rings is 2. The number of hydrogen-bond donors (Lipinski definition) is 2. The van der Waals surface area contributed by atoms with E-state index in [1.54, 1.807) is 0 Å². The molecule has 0 radical (unpaired) electrons. The lowest BCUT2D eigenvalue weighted by Gasteiger charge is -2.17. The SMILES string of the molecule is CCCCN(C)S(=O)(=O)c1ccc(NC(=O)COC(=O)c2ccc(O)cc2)cc1. The van der Waals surface area contributed by atoms with Crippen molar-refractivity contribution in [2.75, 3.05) is 25.5 Å². The molecule has 2 rings (SSSR count). The Morgan fingerprint density at radius 2 is 1.69 bits per heavy atom. The molecule has 0 unspecified atom stereocenters. The Labute approximate surface area is 170 Å². The number of nitrogens with one attached hydrogen (secondary N) is 1. The zero-order chi connectivity index (χ0) is 21.4. The van der Waals surface area contributed by atoms with E-state index in [4.69, 9.17) is 4.74 Å². The smallest absolute Gasteiger partial charge is 0.338 e. The van der Waals surface area contributed by atoms with E-state index in [1.807, 2.05) is 6.92 Å². The number of sulfonamides is 1. The topological polar surface area (TPSA) is 113 Å². The highest BCUT2D eigenvalue weighted by atomic mass is 32.2. The van der Waals surface area contributed by atoms with Crippen molar-refractivity contribution in [3.8, 4) is 5.75 Å². The van der Waals surface area contributed by atoms with Gasteiger partial charge in [0.15, 0.2) is 6.61 Å². The maximum absolute atomic E-state index is 12.5. The molecule has 0 fully saturated rings. The summed E-state index contributed by atoms with van der Waals surface area (Å²) in [6.07, 6.45) is 1.66. The van der Waals surface area contributed by atoms with Crippen LogP contribution in [0.5, 0.6) is 5.75 Å². The van der Waals surface area contributed by atoms with Crippen LogP contribution in [0.1, 0.15) is 30.1 Å². The fraction of sp³-hybridized carbons (Fsp3) is 0.300. The van der Waals surface area contributed by atoms with Crippen LogP contribution >= 0.6 is 0 Å². The van der Waals surface area contributed by atoms with E-state index >= 15 is 0 Å². The van der Waals surface area contributed by atoms with Crippen LogP contribution in [-0.4, -0.2) is 49.9 Å². The first kappa shape index (κ1) is 22.4. The van der Waals surface area contributed by atoms with Gasteiger partial charge in [-0.1, -0.05) is 13.3 Å². The summed E-state index contributed by atoms with van der Waals surface area (Å²) in [5.74, 6) is -1.24. The van der Waals surface area contributed by atoms with Gasteiger partial charge in [-0.2, -0.15) is 0 Å². The Kier molecular flexibility index (Phi) is 7.74. The van der Waals surface area contributed by atoms with E-state index in [-0.39, 0.29) is 16.2 Å². The Morgan fingerprint density at radius 3 is 2.28 bits per heavy atom. The van der Waals surface area contributed by atoms with Crippen molar-refractivity contribution in [1.29, 1.82) is 0 Å². The number of rotatable bonds is 9. The summed E-state index contributed by atoms with van der Waals surface area (Å²) >= 11 is 0. The number of nitrogens with zero attached hydrogens (tertiary/aromatic N) is 1. The van der Waals surface area contributed by atoms with Crippen LogP contribution in [-0.2, 0) is 19.6 Å². The molecule has 0 aromatic heterocycles. The standard InChI is InChI=1S/C20H24N2O6S/c1-3-4-13-22(2)29(26,27)18-11-7-16(8-12-18)21-19(24)14-28-20(25)15-5-9-17(23)10-6-15/h5-12,23H,3-4,13-14H2,1-2H3,(H,21,24). The minimum absolute atomic E-state index is 0.0151. The van der Waals surface area contributed by atoms with Gasteiger partial charge in [0.25, 0.3) is 5.91 Å². The molecule has 29 heavy (non-hydrogen) atoms. The molecule has 1 amide bonds. The normalized spacial score (nSPS) is 11.3. The van der Waals surface area contributed by atoms with Crippen molar-refractivity contribution in [1.82, 2.24) is 4.31 Å². The highest BCUT2D eigenvalue weighted by Gasteiger charge is 2.20. The Hall–Kier alpha value is -2.91. The highest BCUT2D eigenvalue weighted by molar-refractivity contribution is 7.89. The van der Waals surface area contributed by atoms with Crippen molar-refractivity contribution in [3.05, 3.63) is 54.1 Å². The second-order valence-electron chi connectivity index (χ2n) is 6.38. The number of phenols is 1. The second-order valence-corrected chi connectivity index (χ2v) is 8.42. The highest BCUT2D eigenvalue weighted by Crippen LogP contribution is 2.18. The minimum Gasteiger partial charge on any atom is -0.508 e. The second kappa shape index (κ2) is 10.0. The fourth-order valence-electron chi connectivity index (χ4n) is 2.40. The van der Waals surface area contributed by atoms with Gasteiger partial charge in [-0.25, -0.2) is 17.5 Å². The summed E-state index contributed by atoms with van der Waals surface area (Å²) < 4.78 is 31.2. The summed E-state index contributed by atoms with van der Waals surface area (Å²) in [6, 6.07) is 11.2. The van der Waals surface area contributed by atoms with Gasteiger partial charge in [-0.05, 0) is 55.0 Å². The van der Waals surface area contributed by atoms with Crippen LogP contribution in [0.3, 0.4) is 0 Å².